The van der Waals surface area contributed by atoms with E-state index >= 15 is 0 Å². The van der Waals surface area contributed by atoms with Crippen molar-refractivity contribution in [1.29, 1.82) is 0 Å². The number of hydrogen-bond acceptors (Lipinski definition) is 5. The Morgan fingerprint density at radius 1 is 1.20 bits per heavy atom. The van der Waals surface area contributed by atoms with Crippen LogP contribution in [0.2, 0.25) is 0 Å². The molecule has 4 rings (SSSR count). The summed E-state index contributed by atoms with van der Waals surface area (Å²) >= 11 is 0. The van der Waals surface area contributed by atoms with E-state index in [-0.39, 0.29) is 18.6 Å². The number of benzene rings is 1. The minimum Gasteiger partial charge on any atom is -0.351 e. The largest absolute Gasteiger partial charge is 0.351 e. The van der Waals surface area contributed by atoms with Gasteiger partial charge in [-0.1, -0.05) is 6.92 Å². The van der Waals surface area contributed by atoms with Crippen molar-refractivity contribution in [1.82, 2.24) is 14.9 Å². The molecule has 1 fully saturated rings. The molecule has 1 aliphatic carbocycles. The van der Waals surface area contributed by atoms with Crippen molar-refractivity contribution in [2.75, 3.05) is 6.26 Å². The van der Waals surface area contributed by atoms with Crippen LogP contribution in [0.25, 0.3) is 11.3 Å². The van der Waals surface area contributed by atoms with Crippen molar-refractivity contribution in [3.8, 4) is 11.3 Å². The number of aromatic nitrogens is 2. The number of pyridine rings is 1. The molecule has 1 saturated carbocycles. The first-order valence-electron chi connectivity index (χ1n) is 12.1. The van der Waals surface area contributed by atoms with Crippen LogP contribution >= 0.6 is 0 Å². The first-order valence-corrected chi connectivity index (χ1v) is 13.9. The zero-order valence-electron chi connectivity index (χ0n) is 20.5. The maximum atomic E-state index is 13.4. The van der Waals surface area contributed by atoms with E-state index in [2.05, 4.69) is 23.3 Å². The van der Waals surface area contributed by atoms with Crippen LogP contribution < -0.4 is 5.32 Å². The Balaban J connectivity index is 1.53. The third-order valence-corrected chi connectivity index (χ3v) is 6.99. The second-order valence-electron chi connectivity index (χ2n) is 9.35. The van der Waals surface area contributed by atoms with Crippen molar-refractivity contribution in [3.63, 3.8) is 0 Å². The number of nitrogens with zero attached hydrogens (tertiary/aromatic N) is 2. The Bertz CT molecular complexity index is 1300. The molecule has 0 aliphatic heterocycles. The number of aryl methyl sites for hydroxylation is 3. The maximum absolute atomic E-state index is 13.4. The normalized spacial score (nSPS) is 14.6. The molecule has 2 aromatic heterocycles. The van der Waals surface area contributed by atoms with E-state index in [0.29, 0.717) is 17.0 Å². The number of amides is 1. The van der Waals surface area contributed by atoms with Gasteiger partial charge in [-0.2, -0.15) is 8.42 Å². The molecule has 2 heterocycles. The van der Waals surface area contributed by atoms with Crippen LogP contribution in [0.3, 0.4) is 0 Å². The summed E-state index contributed by atoms with van der Waals surface area (Å²) in [5, 5.41) is 3.25. The molecule has 1 aromatic carbocycles. The predicted molar refractivity (Wildman–Crippen MR) is 136 cm³/mol. The Labute approximate surface area is 207 Å². The van der Waals surface area contributed by atoms with Crippen molar-refractivity contribution in [2.45, 2.75) is 51.7 Å². The number of carbonyl (C=O) groups is 1. The van der Waals surface area contributed by atoms with E-state index in [1.807, 2.05) is 54.3 Å². The standard InChI is InChI=1S/C27H33N3O4S/c1-4-19-11-12-28-24(16-19)9-10-25(21-7-8-21)29-27(31)23-15-20(18-34-35(3,32)33)14-22(17-23)26-6-5-13-30(26)2/h5-6,11-17,21,25H,4,7-10,18H2,1-3H3,(H,29,31). The lowest BCUT2D eigenvalue weighted by molar-refractivity contribution is 0.0929. The summed E-state index contributed by atoms with van der Waals surface area (Å²) in [5.74, 6) is 0.325. The first-order chi connectivity index (χ1) is 16.7. The maximum Gasteiger partial charge on any atom is 0.264 e. The lowest BCUT2D eigenvalue weighted by Crippen LogP contribution is -2.37. The monoisotopic (exact) mass is 495 g/mol. The Morgan fingerprint density at radius 3 is 2.66 bits per heavy atom. The molecule has 35 heavy (non-hydrogen) atoms. The fourth-order valence-electron chi connectivity index (χ4n) is 4.35. The van der Waals surface area contributed by atoms with E-state index in [9.17, 15) is 13.2 Å². The predicted octanol–water partition coefficient (Wildman–Crippen LogP) is 4.27. The lowest BCUT2D eigenvalue weighted by atomic mass is 10.0. The van der Waals surface area contributed by atoms with Crippen LogP contribution in [0.5, 0.6) is 0 Å². The van der Waals surface area contributed by atoms with Gasteiger partial charge in [0.1, 0.15) is 0 Å². The summed E-state index contributed by atoms with van der Waals surface area (Å²) in [6, 6.07) is 13.6. The molecule has 1 N–H and O–H groups in total. The Kier molecular flexibility index (Phi) is 7.72. The second-order valence-corrected chi connectivity index (χ2v) is 11.0. The van der Waals surface area contributed by atoms with Gasteiger partial charge in [0, 0.05) is 42.4 Å². The summed E-state index contributed by atoms with van der Waals surface area (Å²) in [7, 11) is -1.67. The second kappa shape index (κ2) is 10.7. The van der Waals surface area contributed by atoms with Crippen molar-refractivity contribution in [2.24, 2.45) is 13.0 Å². The minimum absolute atomic E-state index is 0.0731. The summed E-state index contributed by atoms with van der Waals surface area (Å²) in [6.45, 7) is 2.01. The van der Waals surface area contributed by atoms with Gasteiger partial charge in [-0.25, -0.2) is 0 Å². The van der Waals surface area contributed by atoms with E-state index in [1.54, 1.807) is 6.07 Å². The van der Waals surface area contributed by atoms with E-state index in [1.165, 1.54) is 5.56 Å². The molecule has 0 saturated heterocycles. The van der Waals surface area contributed by atoms with E-state index < -0.39 is 10.1 Å². The summed E-state index contributed by atoms with van der Waals surface area (Å²) < 4.78 is 30.0. The number of rotatable bonds is 11. The number of carbonyl (C=O) groups excluding carboxylic acids is 1. The number of nitrogens with one attached hydrogen (secondary N) is 1. The molecule has 0 radical (unpaired) electrons. The van der Waals surface area contributed by atoms with Crippen LogP contribution in [-0.4, -0.2) is 36.2 Å². The summed E-state index contributed by atoms with van der Waals surface area (Å²) in [4.78, 5) is 17.9. The molecule has 1 unspecified atom stereocenters. The quantitative estimate of drug-likeness (QED) is 0.401. The van der Waals surface area contributed by atoms with Gasteiger partial charge in [-0.3, -0.25) is 14.0 Å². The van der Waals surface area contributed by atoms with Crippen molar-refractivity contribution < 1.29 is 17.4 Å². The Hall–Kier alpha value is -2.97. The average molecular weight is 496 g/mol. The molecule has 1 atom stereocenters. The van der Waals surface area contributed by atoms with Crippen LogP contribution in [0.15, 0.2) is 54.9 Å². The van der Waals surface area contributed by atoms with Crippen molar-refractivity contribution in [3.05, 3.63) is 77.2 Å². The summed E-state index contributed by atoms with van der Waals surface area (Å²) in [6.07, 6.45) is 9.65. The zero-order valence-corrected chi connectivity index (χ0v) is 21.3. The molecular formula is C27H33N3O4S. The van der Waals surface area contributed by atoms with Gasteiger partial charge in [0.15, 0.2) is 0 Å². The summed E-state index contributed by atoms with van der Waals surface area (Å²) in [5.41, 5.74) is 5.20. The zero-order chi connectivity index (χ0) is 25.0. The van der Waals surface area contributed by atoms with Crippen LogP contribution in [0.1, 0.15) is 53.4 Å². The highest BCUT2D eigenvalue weighted by Gasteiger charge is 2.32. The minimum atomic E-state index is -3.60. The van der Waals surface area contributed by atoms with E-state index in [0.717, 1.165) is 55.3 Å². The molecule has 8 heteroatoms. The van der Waals surface area contributed by atoms with Crippen LogP contribution in [-0.2, 0) is 40.8 Å². The van der Waals surface area contributed by atoms with E-state index in [4.69, 9.17) is 4.18 Å². The van der Waals surface area contributed by atoms with Gasteiger partial charge < -0.3 is 9.88 Å². The average Bonchev–Trinajstić information content (AvgIpc) is 3.59. The number of hydrogen-bond donors (Lipinski definition) is 1. The lowest BCUT2D eigenvalue weighted by Gasteiger charge is -2.19. The molecular weight excluding hydrogens is 462 g/mol. The fraction of sp³-hybridized carbons (Fsp3) is 0.407. The van der Waals surface area contributed by atoms with Gasteiger partial charge in [0.05, 0.1) is 12.9 Å². The third kappa shape index (κ3) is 7.02. The van der Waals surface area contributed by atoms with Gasteiger partial charge in [0.25, 0.3) is 16.0 Å². The van der Waals surface area contributed by atoms with Gasteiger partial charge in [0.2, 0.25) is 0 Å². The highest BCUT2D eigenvalue weighted by Crippen LogP contribution is 2.35. The van der Waals surface area contributed by atoms with Crippen LogP contribution in [0, 0.1) is 5.92 Å². The topological polar surface area (TPSA) is 90.3 Å². The molecule has 7 nitrogen and oxygen atoms in total. The third-order valence-electron chi connectivity index (χ3n) is 6.44. The van der Waals surface area contributed by atoms with Crippen molar-refractivity contribution >= 4 is 16.0 Å². The SMILES string of the molecule is CCc1ccnc(CCC(NC(=O)c2cc(COS(C)(=O)=O)cc(-c3cccn3C)c2)C2CC2)c1. The molecule has 0 bridgehead atoms. The Morgan fingerprint density at radius 2 is 2.00 bits per heavy atom. The first kappa shape index (κ1) is 25.1. The molecule has 3 aromatic rings. The molecule has 186 valence electrons. The van der Waals surface area contributed by atoms with Gasteiger partial charge >= 0.3 is 0 Å². The van der Waals surface area contributed by atoms with Crippen LogP contribution in [0.4, 0.5) is 0 Å². The molecule has 1 aliphatic rings. The highest BCUT2D eigenvalue weighted by atomic mass is 32.2. The van der Waals surface area contributed by atoms with Gasteiger partial charge in [-0.15, -0.1) is 0 Å². The molecule has 0 spiro atoms. The van der Waals surface area contributed by atoms with Gasteiger partial charge in [-0.05, 0) is 97.2 Å². The highest BCUT2D eigenvalue weighted by molar-refractivity contribution is 7.85. The fourth-order valence-corrected chi connectivity index (χ4v) is 4.70. The smallest absolute Gasteiger partial charge is 0.264 e. The molecule has 1 amide bonds.